The molecule has 1 aromatic rings. The van der Waals surface area contributed by atoms with E-state index in [0.29, 0.717) is 6.54 Å². The van der Waals surface area contributed by atoms with Gasteiger partial charge in [0.05, 0.1) is 10.8 Å². The summed E-state index contributed by atoms with van der Waals surface area (Å²) in [7, 11) is -3.20. The first-order valence-corrected chi connectivity index (χ1v) is 9.47. The molecule has 0 saturated carbocycles. The zero-order chi connectivity index (χ0) is 14.8. The van der Waals surface area contributed by atoms with E-state index in [1.54, 1.807) is 13.8 Å². The molecule has 0 aliphatic rings. The standard InChI is InChI=1S/C13H19Br2NO2S/c1-5-16-12(13(2,3)19(4,17)18)10-8-9(14)6-7-11(10)15/h6-8,12,16H,5H2,1-4H3. The van der Waals surface area contributed by atoms with Gasteiger partial charge in [-0.25, -0.2) is 8.42 Å². The lowest BCUT2D eigenvalue weighted by atomic mass is 9.95. The summed E-state index contributed by atoms with van der Waals surface area (Å²) in [4.78, 5) is 0. The Hall–Kier alpha value is 0.0900. The maximum absolute atomic E-state index is 12.1. The Balaban J connectivity index is 3.40. The SMILES string of the molecule is CCNC(c1cc(Br)ccc1Br)C(C)(C)S(C)(=O)=O. The van der Waals surface area contributed by atoms with E-state index in [4.69, 9.17) is 0 Å². The topological polar surface area (TPSA) is 46.2 Å². The van der Waals surface area contributed by atoms with E-state index in [1.165, 1.54) is 6.26 Å². The molecule has 0 radical (unpaired) electrons. The highest BCUT2D eigenvalue weighted by Crippen LogP contribution is 2.37. The minimum absolute atomic E-state index is 0.278. The number of hydrogen-bond acceptors (Lipinski definition) is 3. The highest BCUT2D eigenvalue weighted by atomic mass is 79.9. The van der Waals surface area contributed by atoms with Crippen LogP contribution in [0.1, 0.15) is 32.4 Å². The molecule has 108 valence electrons. The third kappa shape index (κ3) is 3.80. The lowest BCUT2D eigenvalue weighted by molar-refractivity contribution is 0.427. The van der Waals surface area contributed by atoms with Gasteiger partial charge in [-0.3, -0.25) is 0 Å². The van der Waals surface area contributed by atoms with Crippen LogP contribution in [0.25, 0.3) is 0 Å². The quantitative estimate of drug-likeness (QED) is 0.802. The molecule has 1 unspecified atom stereocenters. The molecule has 0 fully saturated rings. The molecule has 0 amide bonds. The second-order valence-electron chi connectivity index (χ2n) is 5.03. The maximum Gasteiger partial charge on any atom is 0.154 e. The van der Waals surface area contributed by atoms with Crippen molar-refractivity contribution < 1.29 is 8.42 Å². The van der Waals surface area contributed by atoms with Gasteiger partial charge in [0, 0.05) is 15.2 Å². The number of rotatable bonds is 5. The molecule has 0 saturated heterocycles. The highest BCUT2D eigenvalue weighted by molar-refractivity contribution is 9.11. The number of hydrogen-bond donors (Lipinski definition) is 1. The molecule has 0 heterocycles. The Morgan fingerprint density at radius 2 is 1.89 bits per heavy atom. The number of nitrogens with one attached hydrogen (secondary N) is 1. The molecular weight excluding hydrogens is 394 g/mol. The van der Waals surface area contributed by atoms with Gasteiger partial charge in [0.1, 0.15) is 0 Å². The van der Waals surface area contributed by atoms with Crippen molar-refractivity contribution in [2.45, 2.75) is 31.6 Å². The molecule has 0 bridgehead atoms. The Kier molecular flexibility index (Phi) is 5.63. The molecular formula is C13H19Br2NO2S. The molecule has 1 N–H and O–H groups in total. The Morgan fingerprint density at radius 3 is 2.37 bits per heavy atom. The van der Waals surface area contributed by atoms with E-state index in [1.807, 2.05) is 25.1 Å². The first-order chi connectivity index (χ1) is 8.61. The number of benzene rings is 1. The van der Waals surface area contributed by atoms with E-state index in [9.17, 15) is 8.42 Å². The van der Waals surface area contributed by atoms with Crippen LogP contribution < -0.4 is 5.32 Å². The van der Waals surface area contributed by atoms with E-state index in [2.05, 4.69) is 37.2 Å². The zero-order valence-electron chi connectivity index (χ0n) is 11.5. The summed E-state index contributed by atoms with van der Waals surface area (Å²) >= 11 is 6.94. The molecule has 1 atom stereocenters. The Labute approximate surface area is 132 Å². The third-order valence-corrected chi connectivity index (χ3v) is 6.69. The van der Waals surface area contributed by atoms with Crippen molar-refractivity contribution in [3.05, 3.63) is 32.7 Å². The molecule has 0 spiro atoms. The third-order valence-electron chi connectivity index (χ3n) is 3.33. The molecule has 0 aromatic heterocycles. The van der Waals surface area contributed by atoms with Gasteiger partial charge in [0.25, 0.3) is 0 Å². The molecule has 3 nitrogen and oxygen atoms in total. The van der Waals surface area contributed by atoms with Crippen LogP contribution in [0.2, 0.25) is 0 Å². The van der Waals surface area contributed by atoms with Gasteiger partial charge in [-0.2, -0.15) is 0 Å². The van der Waals surface area contributed by atoms with E-state index in [0.717, 1.165) is 14.5 Å². The van der Waals surface area contributed by atoms with Gasteiger partial charge in [0.2, 0.25) is 0 Å². The van der Waals surface area contributed by atoms with Crippen LogP contribution in [0.4, 0.5) is 0 Å². The average molecular weight is 413 g/mol. The fourth-order valence-electron chi connectivity index (χ4n) is 1.88. The van der Waals surface area contributed by atoms with Gasteiger partial charge in [-0.1, -0.05) is 38.8 Å². The van der Waals surface area contributed by atoms with Gasteiger partial charge in [-0.05, 0) is 44.2 Å². The fraction of sp³-hybridized carbons (Fsp3) is 0.538. The monoisotopic (exact) mass is 411 g/mol. The van der Waals surface area contributed by atoms with Crippen molar-refractivity contribution in [1.82, 2.24) is 5.32 Å². The lowest BCUT2D eigenvalue weighted by Crippen LogP contribution is -2.45. The van der Waals surface area contributed by atoms with Crippen LogP contribution in [0.5, 0.6) is 0 Å². The minimum Gasteiger partial charge on any atom is -0.309 e. The summed E-state index contributed by atoms with van der Waals surface area (Å²) in [5, 5.41) is 3.28. The highest BCUT2D eigenvalue weighted by Gasteiger charge is 2.40. The van der Waals surface area contributed by atoms with E-state index >= 15 is 0 Å². The smallest absolute Gasteiger partial charge is 0.154 e. The number of sulfone groups is 1. The molecule has 1 rings (SSSR count). The summed E-state index contributed by atoms with van der Waals surface area (Å²) in [6, 6.07) is 5.51. The predicted molar refractivity (Wildman–Crippen MR) is 87.2 cm³/mol. The van der Waals surface area contributed by atoms with Gasteiger partial charge < -0.3 is 5.32 Å². The molecule has 0 aliphatic carbocycles. The predicted octanol–water partition coefficient (Wildman–Crippen LogP) is 3.69. The van der Waals surface area contributed by atoms with Crippen LogP contribution in [0.15, 0.2) is 27.1 Å². The van der Waals surface area contributed by atoms with Crippen LogP contribution in [0.3, 0.4) is 0 Å². The normalized spacial score (nSPS) is 14.4. The maximum atomic E-state index is 12.1. The van der Waals surface area contributed by atoms with Gasteiger partial charge in [-0.15, -0.1) is 0 Å². The summed E-state index contributed by atoms with van der Waals surface area (Å²) in [6.45, 7) is 6.17. The Bertz CT molecular complexity index is 556. The lowest BCUT2D eigenvalue weighted by Gasteiger charge is -2.34. The molecule has 6 heteroatoms. The van der Waals surface area contributed by atoms with Crippen molar-refractivity contribution in [1.29, 1.82) is 0 Å². The van der Waals surface area contributed by atoms with Crippen LogP contribution >= 0.6 is 31.9 Å². The minimum atomic E-state index is -3.20. The van der Waals surface area contributed by atoms with E-state index < -0.39 is 14.6 Å². The van der Waals surface area contributed by atoms with Crippen molar-refractivity contribution in [3.8, 4) is 0 Å². The summed E-state index contributed by atoms with van der Waals surface area (Å²) in [6.07, 6.45) is 1.28. The van der Waals surface area contributed by atoms with E-state index in [-0.39, 0.29) is 6.04 Å². The second-order valence-corrected chi connectivity index (χ2v) is 9.40. The van der Waals surface area contributed by atoms with Crippen LogP contribution in [-0.2, 0) is 9.84 Å². The second kappa shape index (κ2) is 6.24. The molecule has 1 aromatic carbocycles. The zero-order valence-corrected chi connectivity index (χ0v) is 15.5. The first-order valence-electron chi connectivity index (χ1n) is 5.99. The van der Waals surface area contributed by atoms with Gasteiger partial charge >= 0.3 is 0 Å². The van der Waals surface area contributed by atoms with Crippen molar-refractivity contribution in [2.24, 2.45) is 0 Å². The van der Waals surface area contributed by atoms with Crippen LogP contribution in [-0.4, -0.2) is 26.0 Å². The number of halogens is 2. The average Bonchev–Trinajstić information content (AvgIpc) is 2.28. The van der Waals surface area contributed by atoms with Crippen molar-refractivity contribution in [2.75, 3.05) is 12.8 Å². The van der Waals surface area contributed by atoms with Crippen molar-refractivity contribution in [3.63, 3.8) is 0 Å². The molecule has 19 heavy (non-hydrogen) atoms. The molecule has 0 aliphatic heterocycles. The van der Waals surface area contributed by atoms with Crippen LogP contribution in [0, 0.1) is 0 Å². The largest absolute Gasteiger partial charge is 0.309 e. The summed E-state index contributed by atoms with van der Waals surface area (Å²) < 4.78 is 25.1. The van der Waals surface area contributed by atoms with Crippen molar-refractivity contribution >= 4 is 41.7 Å². The summed E-state index contributed by atoms with van der Waals surface area (Å²) in [5.74, 6) is 0. The van der Waals surface area contributed by atoms with Gasteiger partial charge in [0.15, 0.2) is 9.84 Å². The fourth-order valence-corrected chi connectivity index (χ4v) is 3.38. The Morgan fingerprint density at radius 1 is 1.32 bits per heavy atom. The summed E-state index contributed by atoms with van der Waals surface area (Å²) in [5.41, 5.74) is 0.937. The first kappa shape index (κ1) is 17.1.